The molecule has 20 aromatic heterocycles. The lowest BCUT2D eigenvalue weighted by Crippen LogP contribution is -2.30. The summed E-state index contributed by atoms with van der Waals surface area (Å²) in [5.74, 6) is 5.08. The Kier molecular flexibility index (Phi) is 11.5. The van der Waals surface area contributed by atoms with Crippen LogP contribution in [0.25, 0.3) is 156 Å². The van der Waals surface area contributed by atoms with Crippen LogP contribution < -0.4 is 22.8 Å². The summed E-state index contributed by atoms with van der Waals surface area (Å²) in [6.45, 7) is 1.73. The first-order chi connectivity index (χ1) is 52.1. The molecule has 0 saturated heterocycles. The number of aryl methyl sites for hydroxylation is 2. The van der Waals surface area contributed by atoms with Gasteiger partial charge in [-0.2, -0.15) is 13.2 Å². The van der Waals surface area contributed by atoms with Crippen LogP contribution >= 0.6 is 11.3 Å². The van der Waals surface area contributed by atoms with Gasteiger partial charge in [0.25, 0.3) is 45.6 Å². The second-order valence-corrected chi connectivity index (χ2v) is 26.8. The van der Waals surface area contributed by atoms with Crippen LogP contribution in [0, 0.1) is 0 Å². The van der Waals surface area contributed by atoms with Gasteiger partial charge in [0.15, 0.2) is 31.7 Å². The van der Waals surface area contributed by atoms with Crippen LogP contribution in [0.4, 0.5) is 0 Å². The number of para-hydroxylation sites is 1. The van der Waals surface area contributed by atoms with Crippen molar-refractivity contribution in [2.24, 2.45) is 14.0 Å². The molecule has 21 aromatic rings. The van der Waals surface area contributed by atoms with E-state index in [0.29, 0.717) is 23.4 Å². The fraction of sp³-hybridized carbons (Fsp3) is 0.0897. The first kappa shape index (κ1) is 54.1. The Morgan fingerprint density at radius 2 is 0.864 bits per heavy atom. The van der Waals surface area contributed by atoms with Crippen molar-refractivity contribution in [2.45, 2.75) is 32.7 Å². The Hall–Kier alpha value is -13.8. The second-order valence-electron chi connectivity index (χ2n) is 25.8. The van der Waals surface area contributed by atoms with E-state index in [4.69, 9.17) is 22.3 Å². The van der Waals surface area contributed by atoms with Gasteiger partial charge in [-0.25, -0.2) is 28.7 Å². The second kappa shape index (κ2) is 21.8. The van der Waals surface area contributed by atoms with Gasteiger partial charge in [-0.3, -0.25) is 39.5 Å². The van der Waals surface area contributed by atoms with Gasteiger partial charge in [0.2, 0.25) is 16.9 Å². The third-order valence-electron chi connectivity index (χ3n) is 20.2. The quantitative estimate of drug-likeness (QED) is 0.140. The molecule has 0 bridgehead atoms. The zero-order valence-corrected chi connectivity index (χ0v) is 55.3. The van der Waals surface area contributed by atoms with Crippen molar-refractivity contribution < 1.29 is 40.2 Å². The normalized spacial score (nSPS) is 13.5. The summed E-state index contributed by atoms with van der Waals surface area (Å²) in [7, 11) is 2.09. The Labute approximate surface area is 589 Å². The van der Waals surface area contributed by atoms with Crippen LogP contribution in [-0.2, 0) is 46.7 Å². The lowest BCUT2D eigenvalue weighted by atomic mass is 10.2. The molecule has 5 aliphatic rings. The lowest BCUT2D eigenvalue weighted by Gasteiger charge is -2.02. The number of imidazole rings is 6. The molecular formula is C78H54N21O3S+5. The van der Waals surface area contributed by atoms with Crippen molar-refractivity contribution in [3.63, 3.8) is 0 Å². The molecule has 0 fully saturated rings. The molecule has 0 saturated carbocycles. The largest absolute Gasteiger partial charge is 0.422 e. The number of rotatable bonds is 1. The van der Waals surface area contributed by atoms with Crippen LogP contribution in [0.5, 0.6) is 0 Å². The van der Waals surface area contributed by atoms with E-state index in [-0.39, 0.29) is 0 Å². The first-order valence-corrected chi connectivity index (χ1v) is 34.2. The first-order valence-electron chi connectivity index (χ1n) is 34.9. The van der Waals surface area contributed by atoms with Crippen molar-refractivity contribution in [1.29, 1.82) is 0 Å². The summed E-state index contributed by atoms with van der Waals surface area (Å²) in [6, 6.07) is 36.2. The summed E-state index contributed by atoms with van der Waals surface area (Å²) < 4.78 is 66.0. The molecule has 0 amide bonds. The summed E-state index contributed by atoms with van der Waals surface area (Å²) in [6.07, 6.45) is 37.5. The SMILES string of the molecule is Cn1c2cccnc2n2c3[n+](cc12)Cc1cnccc1-3.[2H]C([2H])([2H])n1c2cccnc2n2c3[n+](cc12)Cc1cnccc1-3.c1cc2c(cn1)C[n+]1c-2oc2c3cnccc3oc21.c1cc2c(cn1)C[n+]1c-2oc2c3cnccc3sc21.c1ccc(-n2c3cccnc3n3c4[n+](cc23)Cc2cnccc2-4)cc1. The highest BCUT2D eigenvalue weighted by Crippen LogP contribution is 2.40. The standard InChI is InChI=1S/C20H14N5.2C15H12N5.C14H8N3O2.C14H8N3OS/c1-2-5-15(6-3-1)24-17-7-4-9-22-19(17)25-18(24)13-23-12-14-11-21-10-8-16(14)20(23)25;2*1-18-12-3-2-5-17-14(12)20-13(18)9-19-8-10-7-16-6-4-11(10)15(19)20;1-3-15-5-8-7-17-13(9(1)8)19-12-10-6-16-4-2-11(10)18-14(12)17;1-3-15-5-8-7-17-13(9(1)8)18-12-10-6-16-4-2-11(10)19-14(12)17/h1-11,13H,12H2;2*2-7,9H,8H2,1H3;2*1-6H,7H2/q5*+1/i;1D3;;;. The molecule has 0 unspecified atom stereocenters. The van der Waals surface area contributed by atoms with Crippen molar-refractivity contribution in [3.8, 4) is 62.8 Å². The van der Waals surface area contributed by atoms with Crippen LogP contribution in [0.3, 0.4) is 0 Å². The molecule has 25 heteroatoms. The number of benzene rings is 1. The van der Waals surface area contributed by atoms with Crippen LogP contribution in [0.1, 0.15) is 31.9 Å². The molecule has 0 spiro atoms. The van der Waals surface area contributed by atoms with Crippen molar-refractivity contribution in [3.05, 3.63) is 261 Å². The van der Waals surface area contributed by atoms with Crippen molar-refractivity contribution in [2.75, 3.05) is 0 Å². The van der Waals surface area contributed by atoms with Crippen LogP contribution in [0.15, 0.2) is 246 Å². The van der Waals surface area contributed by atoms with E-state index in [1.807, 2.05) is 138 Å². The molecule has 1 aromatic carbocycles. The van der Waals surface area contributed by atoms with E-state index >= 15 is 0 Å². The maximum Gasteiger partial charge on any atom is 0.422 e. The molecule has 490 valence electrons. The fourth-order valence-corrected chi connectivity index (χ4v) is 16.7. The van der Waals surface area contributed by atoms with Gasteiger partial charge in [0, 0.05) is 157 Å². The summed E-state index contributed by atoms with van der Waals surface area (Å²) in [5, 5.41) is 2.01. The Morgan fingerprint density at radius 3 is 1.46 bits per heavy atom. The summed E-state index contributed by atoms with van der Waals surface area (Å²) in [4.78, 5) is 44.2. The molecular weight excluding hydrogens is 1310 g/mol. The molecule has 25 heterocycles. The third-order valence-corrected chi connectivity index (χ3v) is 21.3. The topological polar surface area (TPSA) is 216 Å². The van der Waals surface area contributed by atoms with E-state index < -0.39 is 6.98 Å². The Balaban J connectivity index is 0.0000000830. The van der Waals surface area contributed by atoms with Gasteiger partial charge in [0.05, 0.1) is 49.7 Å². The monoisotopic (exact) mass is 1370 g/mol. The number of thiophene rings is 1. The van der Waals surface area contributed by atoms with E-state index in [2.05, 4.69) is 149 Å². The molecule has 5 aliphatic heterocycles. The minimum absolute atomic E-state index is 0.605. The maximum atomic E-state index is 7.89. The van der Waals surface area contributed by atoms with E-state index in [1.165, 1.54) is 53.6 Å². The molecule has 0 aliphatic carbocycles. The minimum atomic E-state index is -2.26. The number of fused-ring (bicyclic) bond motifs is 35. The average molecular weight is 1370 g/mol. The number of aromatic nitrogens is 21. The van der Waals surface area contributed by atoms with Crippen LogP contribution in [0.2, 0.25) is 0 Å². The Bertz CT molecular complexity index is 7090. The van der Waals surface area contributed by atoms with Gasteiger partial charge >= 0.3 is 22.3 Å². The van der Waals surface area contributed by atoms with Gasteiger partial charge in [-0.15, -0.1) is 9.13 Å². The van der Waals surface area contributed by atoms with Gasteiger partial charge in [-0.05, 0) is 84.9 Å². The molecule has 26 rings (SSSR count). The van der Waals surface area contributed by atoms with Gasteiger partial charge < -0.3 is 22.4 Å². The molecule has 0 N–H and O–H groups in total. The lowest BCUT2D eigenvalue weighted by molar-refractivity contribution is -0.670. The van der Waals surface area contributed by atoms with E-state index in [0.717, 1.165) is 144 Å². The van der Waals surface area contributed by atoms with Crippen LogP contribution in [-0.4, -0.2) is 76.7 Å². The molecule has 0 radical (unpaired) electrons. The van der Waals surface area contributed by atoms with Crippen molar-refractivity contribution >= 4 is 105 Å². The highest BCUT2D eigenvalue weighted by Gasteiger charge is 2.41. The number of pyridine rings is 10. The van der Waals surface area contributed by atoms with E-state index in [9.17, 15) is 0 Å². The number of nitrogens with zero attached hydrogens (tertiary/aromatic N) is 21. The zero-order chi connectivity index (χ0) is 70.2. The summed E-state index contributed by atoms with van der Waals surface area (Å²) in [5.41, 5.74) is 24.6. The number of hydrogen-bond donors (Lipinski definition) is 0. The fourth-order valence-electron chi connectivity index (χ4n) is 15.6. The van der Waals surface area contributed by atoms with Gasteiger partial charge in [0.1, 0.15) is 41.8 Å². The zero-order valence-electron chi connectivity index (χ0n) is 57.5. The number of furan rings is 1. The predicted octanol–water partition coefficient (Wildman–Crippen LogP) is 11.1. The third kappa shape index (κ3) is 8.35. The minimum Gasteiger partial charge on any atom is -0.401 e. The van der Waals surface area contributed by atoms with E-state index in [1.54, 1.807) is 54.5 Å². The highest BCUT2D eigenvalue weighted by atomic mass is 32.1. The molecule has 0 atom stereocenters. The highest BCUT2D eigenvalue weighted by molar-refractivity contribution is 7.25. The summed E-state index contributed by atoms with van der Waals surface area (Å²) >= 11 is 1.75. The molecule has 24 nitrogen and oxygen atoms in total. The van der Waals surface area contributed by atoms with Crippen molar-refractivity contribution in [1.82, 2.24) is 76.7 Å². The number of hydrogen-bond acceptors (Lipinski definition) is 14. The molecule has 103 heavy (non-hydrogen) atoms. The van der Waals surface area contributed by atoms with Gasteiger partial charge in [-0.1, -0.05) is 29.5 Å². The smallest absolute Gasteiger partial charge is 0.401 e. The number of oxazole rings is 2. The maximum absolute atomic E-state index is 7.89. The average Bonchev–Trinajstić information content (AvgIpc) is 1.56. The Morgan fingerprint density at radius 1 is 0.408 bits per heavy atom. The predicted molar refractivity (Wildman–Crippen MR) is 381 cm³/mol.